The summed E-state index contributed by atoms with van der Waals surface area (Å²) >= 11 is 0. The summed E-state index contributed by atoms with van der Waals surface area (Å²) in [6.45, 7) is 28.2. The number of rotatable bonds is 42. The van der Waals surface area contributed by atoms with Gasteiger partial charge in [0.2, 0.25) is 0 Å². The van der Waals surface area contributed by atoms with Gasteiger partial charge in [0, 0.05) is 31.5 Å². The third kappa shape index (κ3) is 32.7. The maximum absolute atomic E-state index is 12.5. The first-order valence-corrected chi connectivity index (χ1v) is 30.5. The van der Waals surface area contributed by atoms with Gasteiger partial charge >= 0.3 is 11.9 Å². The van der Waals surface area contributed by atoms with E-state index < -0.39 is 0 Å². The normalized spacial score (nSPS) is 15.5. The molecule has 71 heavy (non-hydrogen) atoms. The molecular formula is C64H120N2O5. The quantitative estimate of drug-likeness (QED) is 0.0367. The van der Waals surface area contributed by atoms with Gasteiger partial charge in [-0.05, 0) is 160 Å². The van der Waals surface area contributed by atoms with E-state index in [0.717, 1.165) is 130 Å². The maximum Gasteiger partial charge on any atom is 0.311 e. The number of carbonyl (C=O) groups is 2. The molecule has 1 aromatic rings. The molecule has 0 amide bonds. The summed E-state index contributed by atoms with van der Waals surface area (Å²) < 4.78 is 18.6. The van der Waals surface area contributed by atoms with Crippen LogP contribution in [0.25, 0.3) is 0 Å². The summed E-state index contributed by atoms with van der Waals surface area (Å²) in [7, 11) is 6.45. The fraction of sp³-hybridized carbons (Fsp3) is 0.875. The van der Waals surface area contributed by atoms with Crippen molar-refractivity contribution in [2.24, 2.45) is 17.8 Å². The summed E-state index contributed by atoms with van der Waals surface area (Å²) in [5.74, 6) is 4.23. The average molecular weight is 998 g/mol. The van der Waals surface area contributed by atoms with Crippen LogP contribution in [0.2, 0.25) is 0 Å². The number of likely N-dealkylation sites (N-methyl/N-ethyl adjacent to an activating group) is 2. The van der Waals surface area contributed by atoms with E-state index in [1.807, 2.05) is 0 Å². The van der Waals surface area contributed by atoms with E-state index in [2.05, 4.69) is 107 Å². The van der Waals surface area contributed by atoms with Gasteiger partial charge in [0.1, 0.15) is 23.2 Å². The van der Waals surface area contributed by atoms with E-state index in [4.69, 9.17) is 14.2 Å². The lowest BCUT2D eigenvalue weighted by Crippen LogP contribution is -2.37. The number of benzene rings is 1. The zero-order chi connectivity index (χ0) is 52.9. The molecule has 3 atom stereocenters. The Kier molecular flexibility index (Phi) is 38.8. The standard InChI is InChI=1S/C35H60O3.C29H60N2O2/c1-10-11-12-21-32(36)37-33-28(6)29(7)34-31(30(33)8)22-24-35(9,38-34)23-15-20-27(5)19-14-18-26(4)17-13-16-25(2)3;1-6-8-10-12-14-18-22-28(23-19-15-13-11-9-7-2)33-29(32)24-20-16-17-21-25-31(5)27-26-30(3)4/h25-27H,10-24H2,1-9H3;28H,6-27H2,1-5H3. The summed E-state index contributed by atoms with van der Waals surface area (Å²) in [4.78, 5) is 29.5. The van der Waals surface area contributed by atoms with Crippen molar-refractivity contribution in [3.8, 4) is 11.5 Å². The maximum atomic E-state index is 12.5. The highest BCUT2D eigenvalue weighted by molar-refractivity contribution is 5.74. The molecule has 1 aliphatic rings. The first-order valence-electron chi connectivity index (χ1n) is 30.5. The minimum atomic E-state index is -0.111. The Bertz CT molecular complexity index is 1480. The molecule has 0 saturated heterocycles. The molecular weight excluding hydrogens is 877 g/mol. The Morgan fingerprint density at radius 3 is 1.62 bits per heavy atom. The largest absolute Gasteiger partial charge is 0.487 e. The number of unbranched alkanes of at least 4 members (excludes halogenated alkanes) is 15. The Morgan fingerprint density at radius 2 is 1.04 bits per heavy atom. The first kappa shape index (κ1) is 66.9. The lowest BCUT2D eigenvalue weighted by molar-refractivity contribution is -0.150. The molecule has 416 valence electrons. The minimum Gasteiger partial charge on any atom is -0.487 e. The van der Waals surface area contributed by atoms with Crippen molar-refractivity contribution < 1.29 is 23.8 Å². The number of nitrogens with zero attached hydrogens (tertiary/aromatic N) is 2. The molecule has 0 radical (unpaired) electrons. The molecule has 0 fully saturated rings. The molecule has 1 heterocycles. The van der Waals surface area contributed by atoms with Crippen LogP contribution < -0.4 is 9.47 Å². The Labute approximate surface area is 442 Å². The van der Waals surface area contributed by atoms with E-state index in [1.165, 1.54) is 147 Å². The molecule has 2 rings (SSSR count). The molecule has 7 nitrogen and oxygen atoms in total. The summed E-state index contributed by atoms with van der Waals surface area (Å²) in [6, 6.07) is 0. The van der Waals surface area contributed by atoms with Gasteiger partial charge in [-0.15, -0.1) is 0 Å². The highest BCUT2D eigenvalue weighted by Crippen LogP contribution is 2.45. The van der Waals surface area contributed by atoms with Crippen LogP contribution in [-0.2, 0) is 20.7 Å². The van der Waals surface area contributed by atoms with Crippen molar-refractivity contribution in [2.75, 3.05) is 40.8 Å². The number of fused-ring (bicyclic) bond motifs is 1. The molecule has 0 aliphatic carbocycles. The lowest BCUT2D eigenvalue weighted by Gasteiger charge is -2.38. The predicted molar refractivity (Wildman–Crippen MR) is 308 cm³/mol. The zero-order valence-corrected chi connectivity index (χ0v) is 49.9. The Balaban J connectivity index is 0.000000718. The molecule has 0 aromatic heterocycles. The first-order chi connectivity index (χ1) is 34.0. The monoisotopic (exact) mass is 997 g/mol. The van der Waals surface area contributed by atoms with Gasteiger partial charge in [-0.3, -0.25) is 9.59 Å². The van der Waals surface area contributed by atoms with Crippen LogP contribution in [0, 0.1) is 38.5 Å². The number of ether oxygens (including phenoxy) is 3. The summed E-state index contributed by atoms with van der Waals surface area (Å²) in [5.41, 5.74) is 4.38. The molecule has 0 bridgehead atoms. The van der Waals surface area contributed by atoms with Crippen molar-refractivity contribution >= 4 is 11.9 Å². The van der Waals surface area contributed by atoms with Crippen LogP contribution in [0.1, 0.15) is 290 Å². The van der Waals surface area contributed by atoms with Gasteiger partial charge in [0.15, 0.2) is 0 Å². The second-order valence-corrected chi connectivity index (χ2v) is 23.8. The van der Waals surface area contributed by atoms with Crippen molar-refractivity contribution in [2.45, 2.75) is 306 Å². The number of esters is 2. The van der Waals surface area contributed by atoms with Crippen LogP contribution in [-0.4, -0.2) is 74.2 Å². The average Bonchev–Trinajstić information content (AvgIpc) is 3.32. The second kappa shape index (κ2) is 41.2. The van der Waals surface area contributed by atoms with Crippen molar-refractivity contribution in [3.05, 3.63) is 22.3 Å². The van der Waals surface area contributed by atoms with Gasteiger partial charge in [0.25, 0.3) is 0 Å². The smallest absolute Gasteiger partial charge is 0.311 e. The summed E-state index contributed by atoms with van der Waals surface area (Å²) in [6.07, 6.45) is 40.5. The van der Waals surface area contributed by atoms with E-state index >= 15 is 0 Å². The van der Waals surface area contributed by atoms with Gasteiger partial charge < -0.3 is 24.0 Å². The Morgan fingerprint density at radius 1 is 0.549 bits per heavy atom. The van der Waals surface area contributed by atoms with E-state index in [9.17, 15) is 9.59 Å². The van der Waals surface area contributed by atoms with Gasteiger partial charge in [0.05, 0.1) is 0 Å². The number of carbonyl (C=O) groups excluding carboxylic acids is 2. The number of hydrogen-bond donors (Lipinski definition) is 0. The third-order valence-corrected chi connectivity index (χ3v) is 15.7. The molecule has 0 N–H and O–H groups in total. The van der Waals surface area contributed by atoms with Crippen molar-refractivity contribution in [3.63, 3.8) is 0 Å². The fourth-order valence-corrected chi connectivity index (χ4v) is 10.4. The molecule has 3 unspecified atom stereocenters. The van der Waals surface area contributed by atoms with Gasteiger partial charge in [-0.1, -0.05) is 183 Å². The predicted octanol–water partition coefficient (Wildman–Crippen LogP) is 18.5. The topological polar surface area (TPSA) is 68.3 Å². The van der Waals surface area contributed by atoms with E-state index in [0.29, 0.717) is 12.8 Å². The fourth-order valence-electron chi connectivity index (χ4n) is 10.4. The van der Waals surface area contributed by atoms with E-state index in [-0.39, 0.29) is 23.6 Å². The highest BCUT2D eigenvalue weighted by atomic mass is 16.5. The second-order valence-electron chi connectivity index (χ2n) is 23.8. The molecule has 1 aliphatic heterocycles. The van der Waals surface area contributed by atoms with Crippen LogP contribution in [0.15, 0.2) is 0 Å². The van der Waals surface area contributed by atoms with Crippen LogP contribution in [0.5, 0.6) is 11.5 Å². The van der Waals surface area contributed by atoms with Crippen LogP contribution in [0.4, 0.5) is 0 Å². The zero-order valence-electron chi connectivity index (χ0n) is 49.9. The van der Waals surface area contributed by atoms with E-state index in [1.54, 1.807) is 0 Å². The van der Waals surface area contributed by atoms with Gasteiger partial charge in [-0.2, -0.15) is 0 Å². The Hall–Kier alpha value is -2.12. The highest BCUT2D eigenvalue weighted by Gasteiger charge is 2.35. The summed E-state index contributed by atoms with van der Waals surface area (Å²) in [5, 5.41) is 0. The van der Waals surface area contributed by atoms with Crippen molar-refractivity contribution in [1.29, 1.82) is 0 Å². The third-order valence-electron chi connectivity index (χ3n) is 15.7. The minimum absolute atomic E-state index is 0.0417. The lowest BCUT2D eigenvalue weighted by atomic mass is 9.83. The molecule has 7 heteroatoms. The molecule has 1 aromatic carbocycles. The molecule has 0 saturated carbocycles. The van der Waals surface area contributed by atoms with Crippen LogP contribution >= 0.6 is 0 Å². The van der Waals surface area contributed by atoms with Crippen molar-refractivity contribution in [1.82, 2.24) is 9.80 Å². The SMILES string of the molecule is CCCCCC(=O)Oc1c(C)c(C)c2c(c1C)CCC(C)(CCCC(C)CCCC(C)CCCC(C)C)O2.CCCCCCCCC(CCCCCCCC)OC(=O)CCCCCCN(C)CCN(C)C. The molecule has 0 spiro atoms. The van der Waals surface area contributed by atoms with Crippen LogP contribution in [0.3, 0.4) is 0 Å². The van der Waals surface area contributed by atoms with Gasteiger partial charge in [-0.25, -0.2) is 0 Å². The number of hydrogen-bond acceptors (Lipinski definition) is 7.